The summed E-state index contributed by atoms with van der Waals surface area (Å²) in [5.41, 5.74) is -0.175. The zero-order valence-corrected chi connectivity index (χ0v) is 10.6. The van der Waals surface area contributed by atoms with Gasteiger partial charge in [0, 0.05) is 18.8 Å². The van der Waals surface area contributed by atoms with Crippen LogP contribution in [0.1, 0.15) is 26.7 Å². The molecule has 1 fully saturated rings. The summed E-state index contributed by atoms with van der Waals surface area (Å²) in [5, 5.41) is 5.61. The lowest BCUT2D eigenvalue weighted by molar-refractivity contribution is -0.0609. The van der Waals surface area contributed by atoms with Crippen LogP contribution in [0.5, 0.6) is 0 Å². The van der Waals surface area contributed by atoms with Gasteiger partial charge in [0.1, 0.15) is 12.1 Å². The lowest BCUT2D eigenvalue weighted by Crippen LogP contribution is -2.47. The minimum atomic E-state index is -0.239. The van der Waals surface area contributed by atoms with Gasteiger partial charge in [-0.3, -0.25) is 5.32 Å². The number of urea groups is 1. The lowest BCUT2D eigenvalue weighted by Gasteiger charge is -2.35. The van der Waals surface area contributed by atoms with Gasteiger partial charge in [-0.15, -0.1) is 0 Å². The molecule has 1 aromatic rings. The Morgan fingerprint density at radius 1 is 1.56 bits per heavy atom. The van der Waals surface area contributed by atoms with Crippen LogP contribution in [0.2, 0.25) is 0 Å². The van der Waals surface area contributed by atoms with E-state index in [1.54, 1.807) is 12.3 Å². The third-order valence-electron chi connectivity index (χ3n) is 2.86. The maximum Gasteiger partial charge on any atom is 0.320 e. The Kier molecular flexibility index (Phi) is 3.76. The molecule has 2 rings (SSSR count). The van der Waals surface area contributed by atoms with Crippen LogP contribution in [0.25, 0.3) is 0 Å². The largest absolute Gasteiger partial charge is 0.375 e. The summed E-state index contributed by atoms with van der Waals surface area (Å²) < 4.78 is 5.60. The number of amides is 2. The Balaban J connectivity index is 1.84. The summed E-state index contributed by atoms with van der Waals surface area (Å²) in [6.07, 6.45) is 4.62. The molecule has 1 saturated heterocycles. The van der Waals surface area contributed by atoms with Crippen molar-refractivity contribution in [3.63, 3.8) is 0 Å². The molecule has 2 amide bonds. The molecule has 2 heterocycles. The molecule has 6 heteroatoms. The molecular formula is C12H18N4O2. The van der Waals surface area contributed by atoms with E-state index in [2.05, 4.69) is 20.6 Å². The molecule has 1 atom stereocenters. The fourth-order valence-electron chi connectivity index (χ4n) is 2.06. The number of hydrogen-bond donors (Lipinski definition) is 2. The van der Waals surface area contributed by atoms with Crippen molar-refractivity contribution in [3.8, 4) is 0 Å². The SMILES string of the molecule is CC1(C)CC(NC(=O)Nc2ccncn2)CCO1. The first kappa shape index (κ1) is 12.8. The number of nitrogens with one attached hydrogen (secondary N) is 2. The van der Waals surface area contributed by atoms with E-state index in [-0.39, 0.29) is 17.7 Å². The summed E-state index contributed by atoms with van der Waals surface area (Å²) in [6.45, 7) is 4.73. The molecule has 18 heavy (non-hydrogen) atoms. The average Bonchev–Trinajstić information content (AvgIpc) is 2.28. The van der Waals surface area contributed by atoms with Crippen LogP contribution >= 0.6 is 0 Å². The second kappa shape index (κ2) is 5.30. The number of carbonyl (C=O) groups excluding carboxylic acids is 1. The summed E-state index contributed by atoms with van der Waals surface area (Å²) in [7, 11) is 0. The van der Waals surface area contributed by atoms with E-state index < -0.39 is 0 Å². The normalized spacial score (nSPS) is 22.2. The van der Waals surface area contributed by atoms with Gasteiger partial charge in [0.2, 0.25) is 0 Å². The van der Waals surface area contributed by atoms with Gasteiger partial charge in [0.05, 0.1) is 5.60 Å². The summed E-state index contributed by atoms with van der Waals surface area (Å²) in [5.74, 6) is 0.494. The highest BCUT2D eigenvalue weighted by Crippen LogP contribution is 2.23. The van der Waals surface area contributed by atoms with Gasteiger partial charge in [-0.05, 0) is 32.8 Å². The summed E-state index contributed by atoms with van der Waals surface area (Å²) >= 11 is 0. The Bertz CT molecular complexity index is 408. The second-order valence-corrected chi connectivity index (χ2v) is 4.99. The van der Waals surface area contributed by atoms with E-state index in [1.807, 2.05) is 13.8 Å². The van der Waals surface area contributed by atoms with Crippen LogP contribution in [-0.4, -0.2) is 34.2 Å². The molecule has 2 N–H and O–H groups in total. The predicted octanol–water partition coefficient (Wildman–Crippen LogP) is 1.56. The Labute approximate surface area is 106 Å². The first-order valence-electron chi connectivity index (χ1n) is 6.03. The highest BCUT2D eigenvalue weighted by Gasteiger charge is 2.29. The molecule has 0 aliphatic carbocycles. The minimum absolute atomic E-state index is 0.135. The number of hydrogen-bond acceptors (Lipinski definition) is 4. The van der Waals surface area contributed by atoms with Gasteiger partial charge in [0.25, 0.3) is 0 Å². The Hall–Kier alpha value is -1.69. The second-order valence-electron chi connectivity index (χ2n) is 4.99. The average molecular weight is 250 g/mol. The highest BCUT2D eigenvalue weighted by atomic mass is 16.5. The molecule has 98 valence electrons. The van der Waals surface area contributed by atoms with E-state index in [1.165, 1.54) is 6.33 Å². The third kappa shape index (κ3) is 3.66. The fraction of sp³-hybridized carbons (Fsp3) is 0.583. The van der Waals surface area contributed by atoms with Crippen molar-refractivity contribution in [2.45, 2.75) is 38.3 Å². The van der Waals surface area contributed by atoms with Crippen LogP contribution in [0.15, 0.2) is 18.6 Å². The van der Waals surface area contributed by atoms with E-state index in [0.29, 0.717) is 12.4 Å². The van der Waals surface area contributed by atoms with Gasteiger partial charge in [-0.25, -0.2) is 14.8 Å². The predicted molar refractivity (Wildman–Crippen MR) is 67.2 cm³/mol. The van der Waals surface area contributed by atoms with E-state index in [9.17, 15) is 4.79 Å². The van der Waals surface area contributed by atoms with Crippen molar-refractivity contribution in [1.29, 1.82) is 0 Å². The molecule has 0 bridgehead atoms. The lowest BCUT2D eigenvalue weighted by atomic mass is 9.94. The molecule has 1 aliphatic rings. The maximum absolute atomic E-state index is 11.8. The smallest absolute Gasteiger partial charge is 0.320 e. The molecule has 1 unspecified atom stereocenters. The number of anilines is 1. The van der Waals surface area contributed by atoms with Crippen LogP contribution in [0.3, 0.4) is 0 Å². The van der Waals surface area contributed by atoms with Crippen molar-refractivity contribution in [1.82, 2.24) is 15.3 Å². The van der Waals surface area contributed by atoms with Crippen molar-refractivity contribution in [3.05, 3.63) is 18.6 Å². The standard InChI is InChI=1S/C12H18N4O2/c1-12(2)7-9(4-6-18-12)15-11(17)16-10-3-5-13-8-14-10/h3,5,8-9H,4,6-7H2,1-2H3,(H2,13,14,15,16,17). The zero-order valence-electron chi connectivity index (χ0n) is 10.6. The van der Waals surface area contributed by atoms with Crippen molar-refractivity contribution in [2.75, 3.05) is 11.9 Å². The molecule has 6 nitrogen and oxygen atoms in total. The number of nitrogens with zero attached hydrogens (tertiary/aromatic N) is 2. The highest BCUT2D eigenvalue weighted by molar-refractivity contribution is 5.88. The number of ether oxygens (including phenoxy) is 1. The summed E-state index contributed by atoms with van der Waals surface area (Å²) in [4.78, 5) is 19.5. The quantitative estimate of drug-likeness (QED) is 0.835. The molecule has 1 aromatic heterocycles. The Morgan fingerprint density at radius 2 is 2.39 bits per heavy atom. The minimum Gasteiger partial charge on any atom is -0.375 e. The summed E-state index contributed by atoms with van der Waals surface area (Å²) in [6, 6.07) is 1.54. The first-order chi connectivity index (χ1) is 8.55. The number of aromatic nitrogens is 2. The molecule has 0 radical (unpaired) electrons. The fourth-order valence-corrected chi connectivity index (χ4v) is 2.06. The molecule has 0 spiro atoms. The van der Waals surface area contributed by atoms with Gasteiger partial charge >= 0.3 is 6.03 Å². The molecule has 0 saturated carbocycles. The monoisotopic (exact) mass is 250 g/mol. The van der Waals surface area contributed by atoms with E-state index in [4.69, 9.17) is 4.74 Å². The van der Waals surface area contributed by atoms with Crippen LogP contribution in [0.4, 0.5) is 10.6 Å². The van der Waals surface area contributed by atoms with Crippen molar-refractivity contribution < 1.29 is 9.53 Å². The van der Waals surface area contributed by atoms with Crippen LogP contribution in [-0.2, 0) is 4.74 Å². The van der Waals surface area contributed by atoms with Gasteiger partial charge in [-0.1, -0.05) is 0 Å². The molecular weight excluding hydrogens is 232 g/mol. The topological polar surface area (TPSA) is 76.1 Å². The molecule has 1 aliphatic heterocycles. The van der Waals surface area contributed by atoms with E-state index >= 15 is 0 Å². The zero-order chi connectivity index (χ0) is 13.0. The maximum atomic E-state index is 11.8. The first-order valence-corrected chi connectivity index (χ1v) is 6.03. The van der Waals surface area contributed by atoms with Gasteiger partial charge in [0.15, 0.2) is 0 Å². The van der Waals surface area contributed by atoms with Gasteiger partial charge < -0.3 is 10.1 Å². The third-order valence-corrected chi connectivity index (χ3v) is 2.86. The van der Waals surface area contributed by atoms with E-state index in [0.717, 1.165) is 12.8 Å². The van der Waals surface area contributed by atoms with Crippen molar-refractivity contribution in [2.24, 2.45) is 0 Å². The number of carbonyl (C=O) groups is 1. The Morgan fingerprint density at radius 3 is 3.06 bits per heavy atom. The molecule has 0 aromatic carbocycles. The van der Waals surface area contributed by atoms with Crippen LogP contribution in [0, 0.1) is 0 Å². The van der Waals surface area contributed by atoms with Crippen molar-refractivity contribution >= 4 is 11.8 Å². The van der Waals surface area contributed by atoms with Crippen LogP contribution < -0.4 is 10.6 Å². The number of rotatable bonds is 2. The van der Waals surface area contributed by atoms with Gasteiger partial charge in [-0.2, -0.15) is 0 Å².